The van der Waals surface area contributed by atoms with Crippen LogP contribution in [0.1, 0.15) is 25.5 Å². The van der Waals surface area contributed by atoms with Crippen molar-refractivity contribution >= 4 is 5.69 Å². The predicted molar refractivity (Wildman–Crippen MR) is 65.1 cm³/mol. The van der Waals surface area contributed by atoms with E-state index in [1.807, 2.05) is 18.9 Å². The summed E-state index contributed by atoms with van der Waals surface area (Å²) >= 11 is 0. The van der Waals surface area contributed by atoms with Gasteiger partial charge in [0.2, 0.25) is 0 Å². The first kappa shape index (κ1) is 13.5. The highest BCUT2D eigenvalue weighted by Gasteiger charge is 2.14. The SMILES string of the molecule is CC(C#N)CN(C)c1ccc(F)cc1[C@H](C)O. The molecule has 0 aliphatic rings. The normalized spacial score (nSPS) is 13.9. The Morgan fingerprint density at radius 1 is 1.47 bits per heavy atom. The predicted octanol–water partition coefficient (Wildman–Crippen LogP) is 2.47. The van der Waals surface area contributed by atoms with Gasteiger partial charge in [0, 0.05) is 24.8 Å². The number of hydrogen-bond donors (Lipinski definition) is 1. The van der Waals surface area contributed by atoms with Crippen LogP contribution in [-0.4, -0.2) is 18.7 Å². The molecule has 0 aliphatic carbocycles. The summed E-state index contributed by atoms with van der Waals surface area (Å²) in [5, 5.41) is 18.4. The molecule has 0 aromatic heterocycles. The van der Waals surface area contributed by atoms with Crippen LogP contribution in [0.3, 0.4) is 0 Å². The van der Waals surface area contributed by atoms with Crippen molar-refractivity contribution in [2.45, 2.75) is 20.0 Å². The van der Waals surface area contributed by atoms with E-state index in [-0.39, 0.29) is 11.7 Å². The zero-order valence-electron chi connectivity index (χ0n) is 10.3. The van der Waals surface area contributed by atoms with Crippen LogP contribution in [0.5, 0.6) is 0 Å². The zero-order valence-corrected chi connectivity index (χ0v) is 10.3. The van der Waals surface area contributed by atoms with Crippen molar-refractivity contribution in [3.63, 3.8) is 0 Å². The summed E-state index contributed by atoms with van der Waals surface area (Å²) in [6.45, 7) is 3.96. The van der Waals surface area contributed by atoms with Gasteiger partial charge in [-0.3, -0.25) is 0 Å². The van der Waals surface area contributed by atoms with E-state index in [0.717, 1.165) is 5.69 Å². The molecule has 0 bridgehead atoms. The Bertz CT molecular complexity index is 426. The molecule has 0 amide bonds. The molecule has 92 valence electrons. The number of aliphatic hydroxyl groups is 1. The summed E-state index contributed by atoms with van der Waals surface area (Å²) in [6.07, 6.45) is -0.736. The van der Waals surface area contributed by atoms with E-state index in [0.29, 0.717) is 12.1 Å². The molecular weight excluding hydrogens is 219 g/mol. The number of rotatable bonds is 4. The summed E-state index contributed by atoms with van der Waals surface area (Å²) in [7, 11) is 1.83. The van der Waals surface area contributed by atoms with Crippen LogP contribution in [0.15, 0.2) is 18.2 Å². The maximum absolute atomic E-state index is 13.1. The van der Waals surface area contributed by atoms with Crippen molar-refractivity contribution in [1.29, 1.82) is 5.26 Å². The van der Waals surface area contributed by atoms with Gasteiger partial charge in [0.15, 0.2) is 0 Å². The summed E-state index contributed by atoms with van der Waals surface area (Å²) in [5.41, 5.74) is 1.29. The molecule has 0 heterocycles. The van der Waals surface area contributed by atoms with Gasteiger partial charge < -0.3 is 10.0 Å². The van der Waals surface area contributed by atoms with Crippen molar-refractivity contribution in [2.75, 3.05) is 18.5 Å². The third-order valence-electron chi connectivity index (χ3n) is 2.62. The number of aliphatic hydroxyl groups excluding tert-OH is 1. The van der Waals surface area contributed by atoms with E-state index in [1.54, 1.807) is 13.0 Å². The fourth-order valence-electron chi connectivity index (χ4n) is 1.76. The molecule has 1 rings (SSSR count). The van der Waals surface area contributed by atoms with Gasteiger partial charge in [-0.2, -0.15) is 5.26 Å². The lowest BCUT2D eigenvalue weighted by Crippen LogP contribution is -2.24. The number of benzene rings is 1. The minimum absolute atomic E-state index is 0.119. The average Bonchev–Trinajstić information content (AvgIpc) is 2.28. The topological polar surface area (TPSA) is 47.3 Å². The molecule has 0 radical (unpaired) electrons. The minimum Gasteiger partial charge on any atom is -0.389 e. The first-order valence-corrected chi connectivity index (χ1v) is 5.54. The van der Waals surface area contributed by atoms with Crippen molar-refractivity contribution in [1.82, 2.24) is 0 Å². The Labute approximate surface area is 101 Å². The standard InChI is InChI=1S/C13H17FN2O/c1-9(7-15)8-16(3)13-5-4-11(14)6-12(13)10(2)17/h4-6,9-10,17H,8H2,1-3H3/t9?,10-/m0/s1. The van der Waals surface area contributed by atoms with Gasteiger partial charge in [-0.1, -0.05) is 0 Å². The molecule has 1 unspecified atom stereocenters. The van der Waals surface area contributed by atoms with E-state index in [4.69, 9.17) is 5.26 Å². The third-order valence-corrected chi connectivity index (χ3v) is 2.62. The van der Waals surface area contributed by atoms with Gasteiger partial charge in [-0.15, -0.1) is 0 Å². The molecule has 0 saturated carbocycles. The van der Waals surface area contributed by atoms with Crippen molar-refractivity contribution in [2.24, 2.45) is 5.92 Å². The van der Waals surface area contributed by atoms with Crippen molar-refractivity contribution in [3.05, 3.63) is 29.6 Å². The van der Waals surface area contributed by atoms with E-state index < -0.39 is 6.10 Å². The van der Waals surface area contributed by atoms with Crippen LogP contribution >= 0.6 is 0 Å². The molecule has 0 aliphatic heterocycles. The number of nitriles is 1. The summed E-state index contributed by atoms with van der Waals surface area (Å²) in [6, 6.07) is 6.46. The molecule has 0 spiro atoms. The molecule has 1 N–H and O–H groups in total. The Kier molecular flexibility index (Phi) is 4.47. The van der Waals surface area contributed by atoms with E-state index in [1.165, 1.54) is 12.1 Å². The quantitative estimate of drug-likeness (QED) is 0.873. The third kappa shape index (κ3) is 3.43. The van der Waals surface area contributed by atoms with Gasteiger partial charge in [0.25, 0.3) is 0 Å². The van der Waals surface area contributed by atoms with Gasteiger partial charge in [0.1, 0.15) is 5.82 Å². The van der Waals surface area contributed by atoms with Crippen LogP contribution in [-0.2, 0) is 0 Å². The largest absolute Gasteiger partial charge is 0.389 e. The highest BCUT2D eigenvalue weighted by atomic mass is 19.1. The monoisotopic (exact) mass is 236 g/mol. The molecule has 4 heteroatoms. The van der Waals surface area contributed by atoms with Gasteiger partial charge >= 0.3 is 0 Å². The fourth-order valence-corrected chi connectivity index (χ4v) is 1.76. The molecule has 17 heavy (non-hydrogen) atoms. The van der Waals surface area contributed by atoms with Gasteiger partial charge in [0.05, 0.1) is 18.1 Å². The second kappa shape index (κ2) is 5.65. The van der Waals surface area contributed by atoms with E-state index in [2.05, 4.69) is 6.07 Å². The van der Waals surface area contributed by atoms with Crippen molar-refractivity contribution in [3.8, 4) is 6.07 Å². The molecule has 3 nitrogen and oxygen atoms in total. The number of nitrogens with zero attached hydrogens (tertiary/aromatic N) is 2. The second-order valence-corrected chi connectivity index (χ2v) is 4.29. The second-order valence-electron chi connectivity index (χ2n) is 4.29. The number of hydrogen-bond acceptors (Lipinski definition) is 3. The lowest BCUT2D eigenvalue weighted by Gasteiger charge is -2.24. The average molecular weight is 236 g/mol. The van der Waals surface area contributed by atoms with Crippen LogP contribution in [0.25, 0.3) is 0 Å². The molecular formula is C13H17FN2O. The summed E-state index contributed by atoms with van der Waals surface area (Å²) in [4.78, 5) is 1.86. The van der Waals surface area contributed by atoms with Crippen molar-refractivity contribution < 1.29 is 9.50 Å². The maximum atomic E-state index is 13.1. The lowest BCUT2D eigenvalue weighted by atomic mass is 10.1. The first-order valence-electron chi connectivity index (χ1n) is 5.54. The van der Waals surface area contributed by atoms with Gasteiger partial charge in [-0.25, -0.2) is 4.39 Å². The lowest BCUT2D eigenvalue weighted by molar-refractivity contribution is 0.199. The summed E-state index contributed by atoms with van der Waals surface area (Å²) < 4.78 is 13.1. The van der Waals surface area contributed by atoms with Crippen LogP contribution in [0.2, 0.25) is 0 Å². The Morgan fingerprint density at radius 3 is 2.65 bits per heavy atom. The highest BCUT2D eigenvalue weighted by molar-refractivity contribution is 5.54. The zero-order chi connectivity index (χ0) is 13.0. The highest BCUT2D eigenvalue weighted by Crippen LogP contribution is 2.26. The summed E-state index contributed by atoms with van der Waals surface area (Å²) in [5.74, 6) is -0.488. The fraction of sp³-hybridized carbons (Fsp3) is 0.462. The maximum Gasteiger partial charge on any atom is 0.123 e. The number of anilines is 1. The van der Waals surface area contributed by atoms with Crippen LogP contribution < -0.4 is 4.90 Å². The number of halogens is 1. The first-order chi connectivity index (χ1) is 7.95. The van der Waals surface area contributed by atoms with Gasteiger partial charge in [-0.05, 0) is 32.0 Å². The smallest absolute Gasteiger partial charge is 0.123 e. The molecule has 2 atom stereocenters. The Balaban J connectivity index is 3.01. The molecule has 0 fully saturated rings. The molecule has 1 aromatic carbocycles. The Morgan fingerprint density at radius 2 is 2.12 bits per heavy atom. The minimum atomic E-state index is -0.736. The molecule has 0 saturated heterocycles. The molecule has 1 aromatic rings. The van der Waals surface area contributed by atoms with E-state index in [9.17, 15) is 9.50 Å². The van der Waals surface area contributed by atoms with E-state index >= 15 is 0 Å². The Hall–Kier alpha value is -1.60. The van der Waals surface area contributed by atoms with Crippen LogP contribution in [0.4, 0.5) is 10.1 Å². The van der Waals surface area contributed by atoms with Crippen LogP contribution in [0, 0.1) is 23.1 Å².